The standard InChI is InChI=1S/C16H26N4O3S/c1-13-4-5-15(19-10-13)17-7-3-8-18-16(21)11-20(2)14-6-9-24(22,23)12-14/h4-5,10,14H,3,6-9,11-12H2,1-2H3,(H,17,19)(H,18,21)/t14-/m0/s1. The smallest absolute Gasteiger partial charge is 0.234 e. The first-order chi connectivity index (χ1) is 11.4. The number of rotatable bonds is 8. The van der Waals surface area contributed by atoms with E-state index < -0.39 is 9.84 Å². The van der Waals surface area contributed by atoms with Crippen LogP contribution in [-0.4, -0.2) is 68.4 Å². The Labute approximate surface area is 143 Å². The van der Waals surface area contributed by atoms with E-state index in [-0.39, 0.29) is 30.0 Å². The maximum atomic E-state index is 11.9. The van der Waals surface area contributed by atoms with Crippen molar-refractivity contribution in [3.63, 3.8) is 0 Å². The first kappa shape index (κ1) is 18.7. The first-order valence-electron chi connectivity index (χ1n) is 8.19. The average Bonchev–Trinajstić information content (AvgIpc) is 2.89. The van der Waals surface area contributed by atoms with E-state index in [4.69, 9.17) is 0 Å². The summed E-state index contributed by atoms with van der Waals surface area (Å²) in [4.78, 5) is 18.0. The molecule has 0 unspecified atom stereocenters. The lowest BCUT2D eigenvalue weighted by Crippen LogP contribution is -2.41. The number of nitrogens with one attached hydrogen (secondary N) is 2. The third-order valence-electron chi connectivity index (χ3n) is 4.12. The Hall–Kier alpha value is -1.67. The van der Waals surface area contributed by atoms with Crippen molar-refractivity contribution in [1.29, 1.82) is 0 Å². The second kappa shape index (κ2) is 8.43. The maximum Gasteiger partial charge on any atom is 0.234 e. The molecule has 1 aliphatic rings. The third-order valence-corrected chi connectivity index (χ3v) is 5.87. The molecule has 0 radical (unpaired) electrons. The van der Waals surface area contributed by atoms with Gasteiger partial charge in [0, 0.05) is 25.3 Å². The van der Waals surface area contributed by atoms with Gasteiger partial charge in [0.15, 0.2) is 9.84 Å². The van der Waals surface area contributed by atoms with E-state index in [2.05, 4.69) is 15.6 Å². The summed E-state index contributed by atoms with van der Waals surface area (Å²) in [5.74, 6) is 1.14. The zero-order chi connectivity index (χ0) is 17.6. The Morgan fingerprint density at radius 1 is 1.38 bits per heavy atom. The minimum absolute atomic E-state index is 0.0463. The second-order valence-corrected chi connectivity index (χ2v) is 8.55. The molecule has 2 rings (SSSR count). The van der Waals surface area contributed by atoms with Crippen LogP contribution in [0.5, 0.6) is 0 Å². The SMILES string of the molecule is Cc1ccc(NCCCNC(=O)CN(C)[C@H]2CCS(=O)(=O)C2)nc1. The van der Waals surface area contributed by atoms with Gasteiger partial charge in [-0.25, -0.2) is 13.4 Å². The van der Waals surface area contributed by atoms with Crippen molar-refractivity contribution in [1.82, 2.24) is 15.2 Å². The van der Waals surface area contributed by atoms with Gasteiger partial charge in [0.1, 0.15) is 5.82 Å². The zero-order valence-electron chi connectivity index (χ0n) is 14.3. The summed E-state index contributed by atoms with van der Waals surface area (Å²) in [6.07, 6.45) is 3.21. The molecule has 0 bridgehead atoms. The minimum Gasteiger partial charge on any atom is -0.370 e. The number of aromatic nitrogens is 1. The number of hydrogen-bond acceptors (Lipinski definition) is 6. The van der Waals surface area contributed by atoms with E-state index in [1.165, 1.54) is 0 Å². The summed E-state index contributed by atoms with van der Waals surface area (Å²) in [7, 11) is -1.12. The molecule has 24 heavy (non-hydrogen) atoms. The Bertz CT molecular complexity index is 646. The first-order valence-corrected chi connectivity index (χ1v) is 10.0. The van der Waals surface area contributed by atoms with Crippen LogP contribution in [0.1, 0.15) is 18.4 Å². The molecule has 0 spiro atoms. The molecule has 1 aliphatic heterocycles. The van der Waals surface area contributed by atoms with Gasteiger partial charge < -0.3 is 10.6 Å². The van der Waals surface area contributed by atoms with E-state index in [9.17, 15) is 13.2 Å². The van der Waals surface area contributed by atoms with Crippen molar-refractivity contribution < 1.29 is 13.2 Å². The number of hydrogen-bond donors (Lipinski definition) is 2. The van der Waals surface area contributed by atoms with Gasteiger partial charge in [-0.3, -0.25) is 9.69 Å². The molecule has 2 heterocycles. The average molecular weight is 354 g/mol. The highest BCUT2D eigenvalue weighted by atomic mass is 32.2. The Morgan fingerprint density at radius 2 is 2.17 bits per heavy atom. The molecule has 1 atom stereocenters. The molecule has 2 N–H and O–H groups in total. The highest BCUT2D eigenvalue weighted by Gasteiger charge is 2.31. The molecule has 0 aliphatic carbocycles. The van der Waals surface area contributed by atoms with Crippen molar-refractivity contribution in [2.45, 2.75) is 25.8 Å². The number of aryl methyl sites for hydroxylation is 1. The molecule has 0 saturated carbocycles. The number of anilines is 1. The molecular formula is C16H26N4O3S. The van der Waals surface area contributed by atoms with Crippen LogP contribution in [-0.2, 0) is 14.6 Å². The second-order valence-electron chi connectivity index (χ2n) is 6.32. The summed E-state index contributed by atoms with van der Waals surface area (Å²) >= 11 is 0. The van der Waals surface area contributed by atoms with Gasteiger partial charge in [0.25, 0.3) is 0 Å². The third kappa shape index (κ3) is 6.09. The highest BCUT2D eigenvalue weighted by molar-refractivity contribution is 7.91. The van der Waals surface area contributed by atoms with Crippen molar-refractivity contribution in [2.75, 3.05) is 43.5 Å². The molecule has 1 amide bonds. The normalized spacial score (nSPS) is 19.4. The van der Waals surface area contributed by atoms with Crippen LogP contribution in [0.15, 0.2) is 18.3 Å². The van der Waals surface area contributed by atoms with Gasteiger partial charge in [-0.05, 0) is 38.4 Å². The lowest BCUT2D eigenvalue weighted by molar-refractivity contribution is -0.122. The topological polar surface area (TPSA) is 91.4 Å². The molecule has 7 nitrogen and oxygen atoms in total. The quantitative estimate of drug-likeness (QED) is 0.658. The van der Waals surface area contributed by atoms with Crippen molar-refractivity contribution in [3.05, 3.63) is 23.9 Å². The van der Waals surface area contributed by atoms with E-state index >= 15 is 0 Å². The maximum absolute atomic E-state index is 11.9. The Morgan fingerprint density at radius 3 is 2.79 bits per heavy atom. The Balaban J connectivity index is 1.59. The van der Waals surface area contributed by atoms with Gasteiger partial charge in [-0.1, -0.05) is 6.07 Å². The van der Waals surface area contributed by atoms with Crippen LogP contribution >= 0.6 is 0 Å². The largest absolute Gasteiger partial charge is 0.370 e. The molecule has 8 heteroatoms. The van der Waals surface area contributed by atoms with Gasteiger partial charge in [0.2, 0.25) is 5.91 Å². The Kier molecular flexibility index (Phi) is 6.56. The molecule has 134 valence electrons. The van der Waals surface area contributed by atoms with Gasteiger partial charge >= 0.3 is 0 Å². The van der Waals surface area contributed by atoms with E-state index in [0.717, 1.165) is 24.3 Å². The summed E-state index contributed by atoms with van der Waals surface area (Å²) in [5, 5.41) is 6.06. The molecule has 1 aromatic heterocycles. The number of carbonyl (C=O) groups is 1. The summed E-state index contributed by atoms with van der Waals surface area (Å²) < 4.78 is 22.9. The van der Waals surface area contributed by atoms with E-state index in [1.807, 2.05) is 30.2 Å². The zero-order valence-corrected chi connectivity index (χ0v) is 15.1. The number of sulfone groups is 1. The van der Waals surface area contributed by atoms with E-state index in [0.29, 0.717) is 13.0 Å². The predicted molar refractivity (Wildman–Crippen MR) is 94.8 cm³/mol. The van der Waals surface area contributed by atoms with Crippen LogP contribution < -0.4 is 10.6 Å². The number of pyridine rings is 1. The van der Waals surface area contributed by atoms with Crippen molar-refractivity contribution in [3.8, 4) is 0 Å². The van der Waals surface area contributed by atoms with Gasteiger partial charge in [-0.15, -0.1) is 0 Å². The summed E-state index contributed by atoms with van der Waals surface area (Å²) in [6, 6.07) is 3.88. The fraction of sp³-hybridized carbons (Fsp3) is 0.625. The summed E-state index contributed by atoms with van der Waals surface area (Å²) in [6.45, 7) is 3.53. The number of likely N-dealkylation sites (N-methyl/N-ethyl adjacent to an activating group) is 1. The van der Waals surface area contributed by atoms with Gasteiger partial charge in [-0.2, -0.15) is 0 Å². The highest BCUT2D eigenvalue weighted by Crippen LogP contribution is 2.15. The van der Waals surface area contributed by atoms with Crippen LogP contribution in [0.2, 0.25) is 0 Å². The fourth-order valence-electron chi connectivity index (χ4n) is 2.64. The minimum atomic E-state index is -2.92. The molecule has 1 aromatic rings. The lowest BCUT2D eigenvalue weighted by atomic mass is 10.2. The molecule has 0 aromatic carbocycles. The van der Waals surface area contributed by atoms with Gasteiger partial charge in [0.05, 0.1) is 18.1 Å². The molecule has 1 saturated heterocycles. The fourth-order valence-corrected chi connectivity index (χ4v) is 4.44. The van der Waals surface area contributed by atoms with Crippen molar-refractivity contribution >= 4 is 21.6 Å². The number of nitrogens with zero attached hydrogens (tertiary/aromatic N) is 2. The van der Waals surface area contributed by atoms with Crippen LogP contribution in [0.3, 0.4) is 0 Å². The number of amides is 1. The van der Waals surface area contributed by atoms with E-state index in [1.54, 1.807) is 7.05 Å². The van der Waals surface area contributed by atoms with Crippen LogP contribution in [0, 0.1) is 6.92 Å². The van der Waals surface area contributed by atoms with Crippen LogP contribution in [0.25, 0.3) is 0 Å². The molecule has 1 fully saturated rings. The molecular weight excluding hydrogens is 328 g/mol. The lowest BCUT2D eigenvalue weighted by Gasteiger charge is -2.22. The summed E-state index contributed by atoms with van der Waals surface area (Å²) in [5.41, 5.74) is 1.12. The number of carbonyl (C=O) groups excluding carboxylic acids is 1. The van der Waals surface area contributed by atoms with Crippen LogP contribution in [0.4, 0.5) is 5.82 Å². The predicted octanol–water partition coefficient (Wildman–Crippen LogP) is 0.427. The van der Waals surface area contributed by atoms with Crippen molar-refractivity contribution in [2.24, 2.45) is 0 Å². The monoisotopic (exact) mass is 354 g/mol.